The van der Waals surface area contributed by atoms with Gasteiger partial charge in [-0.3, -0.25) is 10.1 Å². The van der Waals surface area contributed by atoms with Gasteiger partial charge in [0.25, 0.3) is 5.69 Å². The predicted molar refractivity (Wildman–Crippen MR) is 71.4 cm³/mol. The van der Waals surface area contributed by atoms with E-state index in [0.29, 0.717) is 19.6 Å². The lowest BCUT2D eigenvalue weighted by Crippen LogP contribution is -2.38. The average Bonchev–Trinajstić information content (AvgIpc) is 2.90. The largest absolute Gasteiger partial charge is 0.478 e. The van der Waals surface area contributed by atoms with Crippen molar-refractivity contribution in [2.24, 2.45) is 0 Å². The minimum atomic E-state index is -1.29. The van der Waals surface area contributed by atoms with E-state index in [1.54, 1.807) is 0 Å². The number of amides is 2. The summed E-state index contributed by atoms with van der Waals surface area (Å²) in [5.74, 6) is -1.29. The van der Waals surface area contributed by atoms with Gasteiger partial charge in [-0.1, -0.05) is 0 Å². The third kappa shape index (κ3) is 3.66. The van der Waals surface area contributed by atoms with E-state index in [1.807, 2.05) is 0 Å². The van der Waals surface area contributed by atoms with E-state index in [-0.39, 0.29) is 23.0 Å². The molecule has 21 heavy (non-hydrogen) atoms. The van der Waals surface area contributed by atoms with Gasteiger partial charge in [0.2, 0.25) is 0 Å². The number of non-ortho nitro benzene ring substituents is 1. The van der Waals surface area contributed by atoms with Crippen LogP contribution in [0.3, 0.4) is 0 Å². The number of hydrogen-bond acceptors (Lipinski definition) is 5. The number of carbonyl (C=O) groups excluding carboxylic acids is 1. The number of rotatable bonds is 4. The molecule has 1 saturated heterocycles. The molecule has 2 amide bonds. The Balaban J connectivity index is 2.15. The molecule has 1 aromatic rings. The molecule has 1 unspecified atom stereocenters. The second-order valence-electron chi connectivity index (χ2n) is 4.45. The normalized spacial score (nSPS) is 17.2. The summed E-state index contributed by atoms with van der Waals surface area (Å²) in [6, 6.07) is 2.37. The number of nitrogens with one attached hydrogen (secondary N) is 2. The molecule has 1 aliphatic heterocycles. The Morgan fingerprint density at radius 2 is 2.19 bits per heavy atom. The van der Waals surface area contributed by atoms with Gasteiger partial charge in [-0.15, -0.1) is 0 Å². The predicted octanol–water partition coefficient (Wildman–Crippen LogP) is 1.20. The average molecular weight is 295 g/mol. The topological polar surface area (TPSA) is 131 Å². The number of nitro benzene ring substituents is 1. The van der Waals surface area contributed by atoms with Crippen LogP contribution in [0.1, 0.15) is 16.8 Å². The quantitative estimate of drug-likeness (QED) is 0.565. The van der Waals surface area contributed by atoms with Crippen LogP contribution in [0.2, 0.25) is 0 Å². The van der Waals surface area contributed by atoms with Gasteiger partial charge in [-0.05, 0) is 12.5 Å². The molecule has 0 aromatic heterocycles. The van der Waals surface area contributed by atoms with Crippen molar-refractivity contribution in [3.05, 3.63) is 33.9 Å². The fraction of sp³-hybridized carbons (Fsp3) is 0.333. The molecule has 1 atom stereocenters. The second-order valence-corrected chi connectivity index (χ2v) is 4.45. The Labute approximate surface area is 119 Å². The first kappa shape index (κ1) is 14.7. The number of nitrogens with zero attached hydrogens (tertiary/aromatic N) is 1. The molecule has 9 nitrogen and oxygen atoms in total. The molecule has 2 rings (SSSR count). The van der Waals surface area contributed by atoms with Crippen LogP contribution in [0.4, 0.5) is 16.2 Å². The Hall–Kier alpha value is -2.68. The second kappa shape index (κ2) is 6.18. The molecule has 0 aliphatic carbocycles. The number of carbonyl (C=O) groups is 2. The molecular weight excluding hydrogens is 282 g/mol. The summed E-state index contributed by atoms with van der Waals surface area (Å²) in [7, 11) is 0. The molecule has 112 valence electrons. The summed E-state index contributed by atoms with van der Waals surface area (Å²) in [6.45, 7) is 0.927. The number of ether oxygens (including phenoxy) is 1. The highest BCUT2D eigenvalue weighted by atomic mass is 16.6. The van der Waals surface area contributed by atoms with Crippen LogP contribution in [0.15, 0.2) is 18.2 Å². The maximum Gasteiger partial charge on any atom is 0.337 e. The van der Waals surface area contributed by atoms with E-state index in [0.717, 1.165) is 18.2 Å². The molecule has 1 aliphatic rings. The van der Waals surface area contributed by atoms with Gasteiger partial charge in [-0.2, -0.15) is 0 Å². The zero-order chi connectivity index (χ0) is 15.4. The number of carboxylic acid groups (broad SMARTS) is 1. The van der Waals surface area contributed by atoms with Crippen LogP contribution in [-0.4, -0.2) is 41.3 Å². The molecule has 1 fully saturated rings. The fourth-order valence-corrected chi connectivity index (χ4v) is 1.93. The van der Waals surface area contributed by atoms with Crippen LogP contribution in [0.25, 0.3) is 0 Å². The van der Waals surface area contributed by atoms with Crippen molar-refractivity contribution in [3.8, 4) is 0 Å². The molecule has 9 heteroatoms. The first-order valence-corrected chi connectivity index (χ1v) is 6.14. The van der Waals surface area contributed by atoms with Crippen LogP contribution in [0.5, 0.6) is 0 Å². The van der Waals surface area contributed by atoms with Crippen LogP contribution in [-0.2, 0) is 4.74 Å². The van der Waals surface area contributed by atoms with Crippen molar-refractivity contribution in [2.45, 2.75) is 12.5 Å². The molecule has 0 saturated carbocycles. The first-order chi connectivity index (χ1) is 9.97. The van der Waals surface area contributed by atoms with Crippen molar-refractivity contribution >= 4 is 23.4 Å². The number of carboxylic acids is 1. The van der Waals surface area contributed by atoms with E-state index in [4.69, 9.17) is 9.84 Å². The van der Waals surface area contributed by atoms with E-state index in [2.05, 4.69) is 10.6 Å². The van der Waals surface area contributed by atoms with Gasteiger partial charge in [0.1, 0.15) is 0 Å². The molecule has 1 heterocycles. The van der Waals surface area contributed by atoms with Gasteiger partial charge < -0.3 is 20.5 Å². The summed E-state index contributed by atoms with van der Waals surface area (Å²) < 4.78 is 5.09. The summed E-state index contributed by atoms with van der Waals surface area (Å²) >= 11 is 0. The summed E-state index contributed by atoms with van der Waals surface area (Å²) in [6.07, 6.45) is 0.661. The number of urea groups is 1. The molecule has 0 radical (unpaired) electrons. The van der Waals surface area contributed by atoms with E-state index in [9.17, 15) is 19.7 Å². The first-order valence-electron chi connectivity index (χ1n) is 6.14. The Kier molecular flexibility index (Phi) is 4.33. The molecule has 0 bridgehead atoms. The lowest BCUT2D eigenvalue weighted by atomic mass is 10.1. The van der Waals surface area contributed by atoms with Crippen molar-refractivity contribution in [2.75, 3.05) is 18.5 Å². The van der Waals surface area contributed by atoms with Crippen molar-refractivity contribution in [1.29, 1.82) is 0 Å². The Bertz CT molecular complexity index is 582. The zero-order valence-electron chi connectivity index (χ0n) is 10.9. The molecule has 0 spiro atoms. The molecule has 1 aromatic carbocycles. The van der Waals surface area contributed by atoms with Gasteiger partial charge >= 0.3 is 12.0 Å². The van der Waals surface area contributed by atoms with Crippen molar-refractivity contribution in [1.82, 2.24) is 5.32 Å². The number of anilines is 1. The third-order valence-corrected chi connectivity index (χ3v) is 2.96. The van der Waals surface area contributed by atoms with Crippen LogP contribution >= 0.6 is 0 Å². The van der Waals surface area contributed by atoms with Gasteiger partial charge in [0, 0.05) is 18.7 Å². The Morgan fingerprint density at radius 3 is 2.76 bits per heavy atom. The number of aromatic carboxylic acids is 1. The Morgan fingerprint density at radius 1 is 1.43 bits per heavy atom. The van der Waals surface area contributed by atoms with Gasteiger partial charge in [0.05, 0.1) is 28.8 Å². The summed E-state index contributed by atoms with van der Waals surface area (Å²) in [4.78, 5) is 32.9. The van der Waals surface area contributed by atoms with E-state index in [1.165, 1.54) is 0 Å². The smallest absolute Gasteiger partial charge is 0.337 e. The zero-order valence-corrected chi connectivity index (χ0v) is 10.9. The number of hydrogen-bond donors (Lipinski definition) is 3. The van der Waals surface area contributed by atoms with Gasteiger partial charge in [0.15, 0.2) is 0 Å². The number of benzene rings is 1. The highest BCUT2D eigenvalue weighted by molar-refractivity contribution is 6.00. The van der Waals surface area contributed by atoms with E-state index < -0.39 is 16.9 Å². The summed E-state index contributed by atoms with van der Waals surface area (Å²) in [5.41, 5.74) is -0.661. The van der Waals surface area contributed by atoms with E-state index >= 15 is 0 Å². The van der Waals surface area contributed by atoms with Crippen molar-refractivity contribution < 1.29 is 24.4 Å². The third-order valence-electron chi connectivity index (χ3n) is 2.96. The molecular formula is C12H13N3O6. The lowest BCUT2D eigenvalue weighted by Gasteiger charge is -2.13. The lowest BCUT2D eigenvalue weighted by molar-refractivity contribution is -0.384. The summed E-state index contributed by atoms with van der Waals surface area (Å²) in [5, 5.41) is 24.7. The molecule has 3 N–H and O–H groups in total. The maximum atomic E-state index is 11.8. The highest BCUT2D eigenvalue weighted by Gasteiger charge is 2.20. The monoisotopic (exact) mass is 295 g/mol. The standard InChI is InChI=1S/C12H13N3O6/c16-11(17)9-2-1-8(15(19)20)5-10(9)14-12(18)13-7-3-4-21-6-7/h1-2,5,7H,3-4,6H2,(H,16,17)(H2,13,14,18). The minimum Gasteiger partial charge on any atom is -0.478 e. The maximum absolute atomic E-state index is 11.8. The minimum absolute atomic E-state index is 0.131. The number of nitro groups is 1. The van der Waals surface area contributed by atoms with Crippen molar-refractivity contribution in [3.63, 3.8) is 0 Å². The van der Waals surface area contributed by atoms with Gasteiger partial charge in [-0.25, -0.2) is 9.59 Å². The van der Waals surface area contributed by atoms with Crippen LogP contribution < -0.4 is 10.6 Å². The SMILES string of the molecule is O=C(Nc1cc([N+](=O)[O-])ccc1C(=O)O)NC1CCOC1. The van der Waals surface area contributed by atoms with Crippen LogP contribution in [0, 0.1) is 10.1 Å². The highest BCUT2D eigenvalue weighted by Crippen LogP contribution is 2.22. The fourth-order valence-electron chi connectivity index (χ4n) is 1.93.